The monoisotopic (exact) mass is 234 g/mol. The molecule has 92 valence electrons. The highest BCUT2D eigenvalue weighted by atomic mass is 16.5. The molecule has 0 N–H and O–H groups in total. The highest BCUT2D eigenvalue weighted by molar-refractivity contribution is 5.93. The molecule has 0 heterocycles. The molecule has 0 saturated heterocycles. The summed E-state index contributed by atoms with van der Waals surface area (Å²) in [5, 5.41) is 8.78. The summed E-state index contributed by atoms with van der Waals surface area (Å²) in [5.74, 6) is -0.587. The van der Waals surface area contributed by atoms with Crippen LogP contribution in [-0.2, 0) is 9.53 Å². The Morgan fingerprint density at radius 2 is 2.06 bits per heavy atom. The molecular formula is C13H18N2O2. The first-order chi connectivity index (χ1) is 8.01. The molecule has 0 aliphatic rings. The van der Waals surface area contributed by atoms with E-state index in [1.807, 2.05) is 44.3 Å². The van der Waals surface area contributed by atoms with Crippen LogP contribution in [0.1, 0.15) is 13.8 Å². The van der Waals surface area contributed by atoms with Crippen molar-refractivity contribution < 1.29 is 9.53 Å². The Kier molecular flexibility index (Phi) is 7.20. The predicted octanol–water partition coefficient (Wildman–Crippen LogP) is 2.02. The summed E-state index contributed by atoms with van der Waals surface area (Å²) in [4.78, 5) is 13.2. The molecule has 0 aliphatic heterocycles. The van der Waals surface area contributed by atoms with Crippen molar-refractivity contribution >= 4 is 5.97 Å². The van der Waals surface area contributed by atoms with Gasteiger partial charge in [0, 0.05) is 14.1 Å². The minimum absolute atomic E-state index is 0.00412. The van der Waals surface area contributed by atoms with Crippen LogP contribution in [0.5, 0.6) is 0 Å². The topological polar surface area (TPSA) is 53.3 Å². The summed E-state index contributed by atoms with van der Waals surface area (Å²) in [7, 11) is 3.83. The van der Waals surface area contributed by atoms with E-state index in [1.165, 1.54) is 6.08 Å². The van der Waals surface area contributed by atoms with E-state index in [4.69, 9.17) is 10.00 Å². The summed E-state index contributed by atoms with van der Waals surface area (Å²) >= 11 is 0. The summed E-state index contributed by atoms with van der Waals surface area (Å²) in [6.45, 7) is 3.85. The standard InChI is InChI=1S/C13H18N2O2/c1-5-17-13(16)12(10-14)7-6-11(2)8-9-15(3)4/h6-9H,5H2,1-4H3/b9-8+,11-6+,12-7-. The highest BCUT2D eigenvalue weighted by Crippen LogP contribution is 2.01. The fourth-order valence-electron chi connectivity index (χ4n) is 0.897. The minimum atomic E-state index is -0.587. The molecule has 0 aliphatic carbocycles. The van der Waals surface area contributed by atoms with Gasteiger partial charge in [-0.25, -0.2) is 4.79 Å². The normalized spacial score (nSPS) is 12.4. The second kappa shape index (κ2) is 8.17. The molecule has 17 heavy (non-hydrogen) atoms. The molecule has 0 spiro atoms. The zero-order valence-corrected chi connectivity index (χ0v) is 10.7. The third kappa shape index (κ3) is 6.96. The molecule has 0 amide bonds. The summed E-state index contributed by atoms with van der Waals surface area (Å²) in [5.41, 5.74) is 0.945. The third-order valence-electron chi connectivity index (χ3n) is 1.76. The number of ether oxygens (including phenoxy) is 1. The van der Waals surface area contributed by atoms with Gasteiger partial charge in [0.1, 0.15) is 11.6 Å². The Bertz CT molecular complexity index is 385. The first-order valence-corrected chi connectivity index (χ1v) is 5.31. The molecule has 0 atom stereocenters. The maximum atomic E-state index is 11.3. The fraction of sp³-hybridized carbons (Fsp3) is 0.385. The van der Waals surface area contributed by atoms with Crippen molar-refractivity contribution in [3.05, 3.63) is 35.6 Å². The number of nitriles is 1. The lowest BCUT2D eigenvalue weighted by molar-refractivity contribution is -0.138. The Morgan fingerprint density at radius 3 is 2.53 bits per heavy atom. The first kappa shape index (κ1) is 15.0. The predicted molar refractivity (Wildman–Crippen MR) is 66.9 cm³/mol. The van der Waals surface area contributed by atoms with E-state index in [0.29, 0.717) is 0 Å². The molecule has 0 saturated carbocycles. The Morgan fingerprint density at radius 1 is 1.41 bits per heavy atom. The lowest BCUT2D eigenvalue weighted by atomic mass is 10.2. The van der Waals surface area contributed by atoms with Crippen molar-refractivity contribution in [1.82, 2.24) is 4.90 Å². The molecule has 0 aromatic heterocycles. The van der Waals surface area contributed by atoms with Gasteiger partial charge in [0.15, 0.2) is 0 Å². The highest BCUT2D eigenvalue weighted by Gasteiger charge is 2.07. The fourth-order valence-corrected chi connectivity index (χ4v) is 0.897. The van der Waals surface area contributed by atoms with Crippen LogP contribution in [0.15, 0.2) is 35.6 Å². The van der Waals surface area contributed by atoms with Gasteiger partial charge in [-0.1, -0.05) is 6.08 Å². The van der Waals surface area contributed by atoms with Gasteiger partial charge in [-0.05, 0) is 37.8 Å². The van der Waals surface area contributed by atoms with Crippen LogP contribution < -0.4 is 0 Å². The van der Waals surface area contributed by atoms with Crippen LogP contribution in [0.3, 0.4) is 0 Å². The average molecular weight is 234 g/mol. The summed E-state index contributed by atoms with van der Waals surface area (Å²) < 4.78 is 4.74. The van der Waals surface area contributed by atoms with Crippen LogP contribution in [0.25, 0.3) is 0 Å². The molecule has 4 nitrogen and oxygen atoms in total. The van der Waals surface area contributed by atoms with Gasteiger partial charge in [-0.3, -0.25) is 0 Å². The Balaban J connectivity index is 4.71. The second-order valence-electron chi connectivity index (χ2n) is 3.60. The molecule has 4 heteroatoms. The summed E-state index contributed by atoms with van der Waals surface area (Å²) in [6.07, 6.45) is 6.94. The smallest absolute Gasteiger partial charge is 0.348 e. The maximum Gasteiger partial charge on any atom is 0.348 e. The van der Waals surface area contributed by atoms with E-state index in [2.05, 4.69) is 0 Å². The SMILES string of the molecule is CCOC(=O)\C(C#N)=C/C=C(C)/C=C/N(C)C. The van der Waals surface area contributed by atoms with Gasteiger partial charge in [0.25, 0.3) is 0 Å². The van der Waals surface area contributed by atoms with Crippen molar-refractivity contribution in [2.75, 3.05) is 20.7 Å². The lowest BCUT2D eigenvalue weighted by Gasteiger charge is -2.02. The first-order valence-electron chi connectivity index (χ1n) is 5.31. The average Bonchev–Trinajstić information content (AvgIpc) is 2.27. The second-order valence-corrected chi connectivity index (χ2v) is 3.60. The van der Waals surface area contributed by atoms with E-state index in [1.54, 1.807) is 13.0 Å². The number of hydrogen-bond donors (Lipinski definition) is 0. The summed E-state index contributed by atoms with van der Waals surface area (Å²) in [6, 6.07) is 1.81. The van der Waals surface area contributed by atoms with Gasteiger partial charge >= 0.3 is 5.97 Å². The molecule has 0 rings (SSSR count). The molecule has 0 bridgehead atoms. The van der Waals surface area contributed by atoms with Crippen LogP contribution in [0.2, 0.25) is 0 Å². The number of hydrogen-bond acceptors (Lipinski definition) is 4. The number of nitrogens with zero attached hydrogens (tertiary/aromatic N) is 2. The number of carbonyl (C=O) groups is 1. The quantitative estimate of drug-likeness (QED) is 0.316. The van der Waals surface area contributed by atoms with Gasteiger partial charge in [-0.15, -0.1) is 0 Å². The zero-order chi connectivity index (χ0) is 13.3. The van der Waals surface area contributed by atoms with E-state index < -0.39 is 5.97 Å². The minimum Gasteiger partial charge on any atom is -0.462 e. The Labute approximate surface area is 102 Å². The number of esters is 1. The van der Waals surface area contributed by atoms with Crippen molar-refractivity contribution in [2.24, 2.45) is 0 Å². The molecule has 0 aromatic rings. The van der Waals surface area contributed by atoms with Crippen LogP contribution in [-0.4, -0.2) is 31.6 Å². The number of carbonyl (C=O) groups excluding carboxylic acids is 1. The lowest BCUT2D eigenvalue weighted by Crippen LogP contribution is -2.05. The number of rotatable bonds is 5. The Hall–Kier alpha value is -2.02. The number of allylic oxidation sites excluding steroid dienone is 4. The maximum absolute atomic E-state index is 11.3. The van der Waals surface area contributed by atoms with E-state index in [9.17, 15) is 4.79 Å². The van der Waals surface area contributed by atoms with E-state index in [-0.39, 0.29) is 12.2 Å². The molecule has 0 fully saturated rings. The van der Waals surface area contributed by atoms with Crippen molar-refractivity contribution in [2.45, 2.75) is 13.8 Å². The largest absolute Gasteiger partial charge is 0.462 e. The van der Waals surface area contributed by atoms with Gasteiger partial charge in [-0.2, -0.15) is 5.26 Å². The van der Waals surface area contributed by atoms with Crippen LogP contribution in [0, 0.1) is 11.3 Å². The molecule has 0 unspecified atom stereocenters. The van der Waals surface area contributed by atoms with Gasteiger partial charge < -0.3 is 9.64 Å². The van der Waals surface area contributed by atoms with E-state index in [0.717, 1.165) is 5.57 Å². The molecular weight excluding hydrogens is 216 g/mol. The molecule has 0 aromatic carbocycles. The van der Waals surface area contributed by atoms with Crippen LogP contribution >= 0.6 is 0 Å². The van der Waals surface area contributed by atoms with Crippen molar-refractivity contribution in [3.63, 3.8) is 0 Å². The van der Waals surface area contributed by atoms with Gasteiger partial charge in [0.05, 0.1) is 6.61 Å². The van der Waals surface area contributed by atoms with Gasteiger partial charge in [0.2, 0.25) is 0 Å². The zero-order valence-electron chi connectivity index (χ0n) is 10.7. The van der Waals surface area contributed by atoms with Crippen molar-refractivity contribution in [1.29, 1.82) is 5.26 Å². The van der Waals surface area contributed by atoms with Crippen LogP contribution in [0.4, 0.5) is 0 Å². The van der Waals surface area contributed by atoms with Crippen molar-refractivity contribution in [3.8, 4) is 6.07 Å². The molecule has 0 radical (unpaired) electrons. The van der Waals surface area contributed by atoms with E-state index >= 15 is 0 Å². The third-order valence-corrected chi connectivity index (χ3v) is 1.76.